The smallest absolute Gasteiger partial charge is 0.341 e. The second-order valence-corrected chi connectivity index (χ2v) is 12.5. The van der Waals surface area contributed by atoms with Crippen LogP contribution < -0.4 is 16.0 Å². The van der Waals surface area contributed by atoms with Crippen molar-refractivity contribution in [1.29, 1.82) is 0 Å². The SMILES string of the molecule is CC(C)(C)OC(=O)c1c(NC(=O)NCc2c(-c3ccc(F)nc3)sc3c2CCNC3)sc2c1CCCC2. The fourth-order valence-corrected chi connectivity index (χ4v) is 7.44. The van der Waals surface area contributed by atoms with E-state index in [0.717, 1.165) is 71.6 Å². The van der Waals surface area contributed by atoms with Gasteiger partial charge in [0.05, 0.1) is 5.56 Å². The molecule has 0 saturated heterocycles. The number of carbonyl (C=O) groups excluding carboxylic acids is 2. The minimum absolute atomic E-state index is 0.317. The number of hydrogen-bond donors (Lipinski definition) is 3. The van der Waals surface area contributed by atoms with Crippen LogP contribution in [0.5, 0.6) is 0 Å². The third-order valence-electron chi connectivity index (χ3n) is 6.45. The van der Waals surface area contributed by atoms with E-state index in [1.807, 2.05) is 20.8 Å². The van der Waals surface area contributed by atoms with Gasteiger partial charge in [-0.25, -0.2) is 14.6 Å². The summed E-state index contributed by atoms with van der Waals surface area (Å²) < 4.78 is 19.1. The second-order valence-electron chi connectivity index (χ2n) is 10.3. The quantitative estimate of drug-likeness (QED) is 0.279. The second kappa shape index (κ2) is 10.5. The molecule has 5 rings (SSSR count). The van der Waals surface area contributed by atoms with Crippen LogP contribution >= 0.6 is 22.7 Å². The number of urea groups is 1. The summed E-state index contributed by atoms with van der Waals surface area (Å²) in [5, 5.41) is 9.87. The predicted molar refractivity (Wildman–Crippen MR) is 145 cm³/mol. The Morgan fingerprint density at radius 3 is 2.68 bits per heavy atom. The Hall–Kier alpha value is -2.82. The normalized spacial score (nSPS) is 15.0. The van der Waals surface area contributed by atoms with Crippen LogP contribution in [0.4, 0.5) is 14.2 Å². The zero-order chi connectivity index (χ0) is 26.2. The number of fused-ring (bicyclic) bond motifs is 2. The fraction of sp³-hybridized carbons (Fsp3) is 0.444. The molecule has 3 N–H and O–H groups in total. The van der Waals surface area contributed by atoms with E-state index < -0.39 is 17.5 Å². The van der Waals surface area contributed by atoms with Gasteiger partial charge in [0.2, 0.25) is 5.95 Å². The van der Waals surface area contributed by atoms with E-state index in [1.54, 1.807) is 17.4 Å². The molecule has 1 aliphatic carbocycles. The first-order chi connectivity index (χ1) is 17.7. The Labute approximate surface area is 223 Å². The maximum Gasteiger partial charge on any atom is 0.341 e. The molecule has 7 nitrogen and oxygen atoms in total. The number of esters is 1. The van der Waals surface area contributed by atoms with Gasteiger partial charge in [0.15, 0.2) is 0 Å². The monoisotopic (exact) mass is 542 g/mol. The number of thiophene rings is 2. The van der Waals surface area contributed by atoms with Crippen LogP contribution in [0, 0.1) is 5.95 Å². The molecule has 0 radical (unpaired) electrons. The van der Waals surface area contributed by atoms with E-state index in [9.17, 15) is 14.0 Å². The summed E-state index contributed by atoms with van der Waals surface area (Å²) in [5.41, 5.74) is 3.95. The number of anilines is 1. The summed E-state index contributed by atoms with van der Waals surface area (Å²) in [6, 6.07) is 2.70. The Kier molecular flexibility index (Phi) is 7.33. The van der Waals surface area contributed by atoms with Gasteiger partial charge >= 0.3 is 12.0 Å². The van der Waals surface area contributed by atoms with Gasteiger partial charge in [0.25, 0.3) is 0 Å². The molecule has 4 heterocycles. The molecule has 0 fully saturated rings. The molecule has 0 aromatic carbocycles. The van der Waals surface area contributed by atoms with Gasteiger partial charge in [-0.1, -0.05) is 0 Å². The number of rotatable bonds is 5. The molecule has 3 aromatic rings. The number of ether oxygens (including phenoxy) is 1. The van der Waals surface area contributed by atoms with Gasteiger partial charge < -0.3 is 15.4 Å². The van der Waals surface area contributed by atoms with E-state index in [0.29, 0.717) is 17.1 Å². The van der Waals surface area contributed by atoms with E-state index in [1.165, 1.54) is 34.0 Å². The van der Waals surface area contributed by atoms with Crippen LogP contribution in [0.3, 0.4) is 0 Å². The fourth-order valence-electron chi connectivity index (χ4n) is 4.85. The van der Waals surface area contributed by atoms with Crippen molar-refractivity contribution < 1.29 is 18.7 Å². The first-order valence-corrected chi connectivity index (χ1v) is 14.2. The molecular formula is C27H31FN4O3S2. The van der Waals surface area contributed by atoms with Gasteiger partial charge in [-0.3, -0.25) is 5.32 Å². The van der Waals surface area contributed by atoms with Gasteiger partial charge in [-0.15, -0.1) is 22.7 Å². The lowest BCUT2D eigenvalue weighted by Crippen LogP contribution is -2.30. The largest absolute Gasteiger partial charge is 0.456 e. The number of nitrogens with one attached hydrogen (secondary N) is 3. The number of hydrogen-bond acceptors (Lipinski definition) is 7. The van der Waals surface area contributed by atoms with Crippen molar-refractivity contribution in [1.82, 2.24) is 15.6 Å². The van der Waals surface area contributed by atoms with Crippen molar-refractivity contribution in [3.05, 3.63) is 56.3 Å². The molecule has 37 heavy (non-hydrogen) atoms. The number of aryl methyl sites for hydroxylation is 1. The number of carbonyl (C=O) groups is 2. The molecule has 2 amide bonds. The average Bonchev–Trinajstić information content (AvgIpc) is 3.40. The minimum Gasteiger partial charge on any atom is -0.456 e. The molecule has 0 atom stereocenters. The van der Waals surface area contributed by atoms with Crippen LogP contribution in [0.25, 0.3) is 10.4 Å². The number of halogens is 1. The summed E-state index contributed by atoms with van der Waals surface area (Å²) in [5.74, 6) is -0.919. The van der Waals surface area contributed by atoms with Crippen LogP contribution in [0.2, 0.25) is 0 Å². The standard InChI is InChI=1S/C27H31FN4O3S2/c1-27(2,3)35-25(33)22-17-6-4-5-7-19(17)37-24(22)32-26(34)31-13-18-16-10-11-29-14-20(16)36-23(18)15-8-9-21(28)30-12-15/h8-9,12,29H,4-7,10-11,13-14H2,1-3H3,(H2,31,32,34). The molecule has 196 valence electrons. The number of pyridine rings is 1. The Balaban J connectivity index is 1.37. The third kappa shape index (κ3) is 5.71. The van der Waals surface area contributed by atoms with Gasteiger partial charge in [0, 0.05) is 39.5 Å². The number of nitrogens with zero attached hydrogens (tertiary/aromatic N) is 1. The zero-order valence-electron chi connectivity index (χ0n) is 21.3. The Bertz CT molecular complexity index is 1320. The lowest BCUT2D eigenvalue weighted by atomic mass is 9.95. The topological polar surface area (TPSA) is 92.3 Å². The first-order valence-electron chi connectivity index (χ1n) is 12.6. The van der Waals surface area contributed by atoms with Crippen LogP contribution in [0.15, 0.2) is 18.3 Å². The highest BCUT2D eigenvalue weighted by Crippen LogP contribution is 2.40. The Morgan fingerprint density at radius 1 is 1.11 bits per heavy atom. The van der Waals surface area contributed by atoms with Crippen molar-refractivity contribution in [2.45, 2.75) is 71.6 Å². The lowest BCUT2D eigenvalue weighted by molar-refractivity contribution is 0.00699. The third-order valence-corrected chi connectivity index (χ3v) is 8.98. The molecule has 1 aliphatic heterocycles. The highest BCUT2D eigenvalue weighted by atomic mass is 32.1. The van der Waals surface area contributed by atoms with E-state index in [-0.39, 0.29) is 6.03 Å². The van der Waals surface area contributed by atoms with Crippen molar-refractivity contribution in [3.8, 4) is 10.4 Å². The molecule has 2 aliphatic rings. The van der Waals surface area contributed by atoms with Crippen molar-refractivity contribution >= 4 is 39.7 Å². The molecular weight excluding hydrogens is 511 g/mol. The minimum atomic E-state index is -0.626. The molecule has 0 saturated carbocycles. The van der Waals surface area contributed by atoms with Crippen LogP contribution in [-0.2, 0) is 37.1 Å². The number of aromatic nitrogens is 1. The number of amides is 2. The molecule has 3 aromatic heterocycles. The summed E-state index contributed by atoms with van der Waals surface area (Å²) in [7, 11) is 0. The highest BCUT2D eigenvalue weighted by molar-refractivity contribution is 7.17. The molecule has 0 bridgehead atoms. The van der Waals surface area contributed by atoms with Gasteiger partial charge in [-0.05, 0) is 88.2 Å². The summed E-state index contributed by atoms with van der Waals surface area (Å²) in [6.07, 6.45) is 6.21. The first kappa shape index (κ1) is 25.8. The van der Waals surface area contributed by atoms with Crippen molar-refractivity contribution in [2.75, 3.05) is 11.9 Å². The summed E-state index contributed by atoms with van der Waals surface area (Å²) in [6.45, 7) is 7.48. The Morgan fingerprint density at radius 2 is 1.92 bits per heavy atom. The van der Waals surface area contributed by atoms with Gasteiger partial charge in [-0.2, -0.15) is 4.39 Å². The van der Waals surface area contributed by atoms with Crippen LogP contribution in [0.1, 0.15) is 70.4 Å². The van der Waals surface area contributed by atoms with Crippen molar-refractivity contribution in [2.24, 2.45) is 0 Å². The molecule has 0 spiro atoms. The van der Waals surface area contributed by atoms with E-state index >= 15 is 0 Å². The lowest BCUT2D eigenvalue weighted by Gasteiger charge is -2.21. The highest BCUT2D eigenvalue weighted by Gasteiger charge is 2.30. The van der Waals surface area contributed by atoms with Crippen molar-refractivity contribution in [3.63, 3.8) is 0 Å². The molecule has 10 heteroatoms. The van der Waals surface area contributed by atoms with Crippen LogP contribution in [-0.4, -0.2) is 29.1 Å². The summed E-state index contributed by atoms with van der Waals surface area (Å²) in [4.78, 5) is 33.4. The summed E-state index contributed by atoms with van der Waals surface area (Å²) >= 11 is 3.12. The van der Waals surface area contributed by atoms with E-state index in [2.05, 4.69) is 20.9 Å². The zero-order valence-corrected chi connectivity index (χ0v) is 22.9. The average molecular weight is 543 g/mol. The predicted octanol–water partition coefficient (Wildman–Crippen LogP) is 5.81. The molecule has 0 unspecified atom stereocenters. The van der Waals surface area contributed by atoms with Gasteiger partial charge in [0.1, 0.15) is 10.6 Å². The van der Waals surface area contributed by atoms with E-state index in [4.69, 9.17) is 4.74 Å². The maximum absolute atomic E-state index is 13.4. The maximum atomic E-state index is 13.4.